The summed E-state index contributed by atoms with van der Waals surface area (Å²) in [5.41, 5.74) is 0. The average molecular weight is 263 g/mol. The highest BCUT2D eigenvalue weighted by molar-refractivity contribution is 5.81. The Labute approximate surface area is 119 Å². The zero-order valence-electron chi connectivity index (χ0n) is 11.2. The van der Waals surface area contributed by atoms with Crippen LogP contribution in [0.15, 0.2) is 100 Å². The summed E-state index contributed by atoms with van der Waals surface area (Å²) in [6, 6.07) is 0. The molecule has 0 amide bonds. The minimum absolute atomic E-state index is 1.69. The quantitative estimate of drug-likeness (QED) is 0.634. The Hall–Kier alpha value is -2.81. The van der Waals surface area contributed by atoms with Gasteiger partial charge in [0, 0.05) is 37.2 Å². The van der Waals surface area contributed by atoms with E-state index < -0.39 is 0 Å². The molecule has 1 aliphatic rings. The fraction of sp³-hybridized carbons (Fsp3) is 0. The van der Waals surface area contributed by atoms with E-state index >= 15 is 0 Å². The van der Waals surface area contributed by atoms with Gasteiger partial charge in [-0.2, -0.15) is 0 Å². The summed E-state index contributed by atoms with van der Waals surface area (Å²) < 4.78 is 0. The van der Waals surface area contributed by atoms with Gasteiger partial charge in [0.05, 0.1) is 0 Å². The number of aliphatic imine (C=N–C) groups is 3. The maximum Gasteiger partial charge on any atom is 0.0268 e. The molecule has 1 aliphatic heterocycles. The molecule has 0 fully saturated rings. The summed E-state index contributed by atoms with van der Waals surface area (Å²) >= 11 is 0. The van der Waals surface area contributed by atoms with E-state index in [0.717, 1.165) is 0 Å². The Morgan fingerprint density at radius 3 is 1.05 bits per heavy atom. The smallest absolute Gasteiger partial charge is 0.0268 e. The first-order valence-corrected chi connectivity index (χ1v) is 6.22. The van der Waals surface area contributed by atoms with Gasteiger partial charge in [0.2, 0.25) is 0 Å². The van der Waals surface area contributed by atoms with Crippen molar-refractivity contribution in [1.82, 2.24) is 0 Å². The molecule has 0 spiro atoms. The summed E-state index contributed by atoms with van der Waals surface area (Å²) in [7, 11) is 0. The van der Waals surface area contributed by atoms with Crippen molar-refractivity contribution in [3.8, 4) is 0 Å². The van der Waals surface area contributed by atoms with E-state index in [1.165, 1.54) is 0 Å². The highest BCUT2D eigenvalue weighted by Gasteiger charge is 1.67. The second kappa shape index (κ2) is 12.6. The number of hydrogen-bond acceptors (Lipinski definition) is 3. The highest BCUT2D eigenvalue weighted by Crippen LogP contribution is 1.84. The second-order valence-corrected chi connectivity index (χ2v) is 3.46. The maximum atomic E-state index is 4.08. The molecule has 3 nitrogen and oxygen atoms in total. The number of rotatable bonds is 0. The molecule has 0 aromatic rings. The minimum Gasteiger partial charge on any atom is -0.265 e. The molecule has 0 aromatic carbocycles. The third kappa shape index (κ3) is 10.4. The highest BCUT2D eigenvalue weighted by atomic mass is 14.7. The van der Waals surface area contributed by atoms with E-state index in [0.29, 0.717) is 0 Å². The van der Waals surface area contributed by atoms with Gasteiger partial charge < -0.3 is 0 Å². The number of hydrogen-bond donors (Lipinski definition) is 0. The van der Waals surface area contributed by atoms with Crippen molar-refractivity contribution in [2.45, 2.75) is 0 Å². The normalized spacial score (nSPS) is 16.0. The molecule has 0 saturated heterocycles. The summed E-state index contributed by atoms with van der Waals surface area (Å²) in [6.07, 6.45) is 30.8. The van der Waals surface area contributed by atoms with Crippen LogP contribution in [0.1, 0.15) is 0 Å². The Bertz CT molecular complexity index is 330. The monoisotopic (exact) mass is 263 g/mol. The van der Waals surface area contributed by atoms with Crippen LogP contribution in [0.25, 0.3) is 0 Å². The molecule has 0 aliphatic carbocycles. The topological polar surface area (TPSA) is 37.1 Å². The fourth-order valence-corrected chi connectivity index (χ4v) is 1.07. The molecule has 1 rings (SSSR count). The van der Waals surface area contributed by atoms with Crippen LogP contribution in [0.5, 0.6) is 0 Å². The van der Waals surface area contributed by atoms with Gasteiger partial charge in [-0.25, -0.2) is 0 Å². The largest absolute Gasteiger partial charge is 0.265 e. The van der Waals surface area contributed by atoms with Gasteiger partial charge in [-0.15, -0.1) is 0 Å². The van der Waals surface area contributed by atoms with Gasteiger partial charge in [0.25, 0.3) is 0 Å². The molecule has 0 atom stereocenters. The van der Waals surface area contributed by atoms with Gasteiger partial charge in [-0.3, -0.25) is 15.0 Å². The van der Waals surface area contributed by atoms with Crippen LogP contribution in [-0.4, -0.2) is 18.6 Å². The van der Waals surface area contributed by atoms with Crippen molar-refractivity contribution in [2.24, 2.45) is 15.0 Å². The molecule has 0 saturated carbocycles. The lowest BCUT2D eigenvalue weighted by Crippen LogP contribution is -1.65. The molecule has 0 aromatic heterocycles. The summed E-state index contributed by atoms with van der Waals surface area (Å²) in [4.78, 5) is 12.2. The minimum atomic E-state index is 1.69. The van der Waals surface area contributed by atoms with Crippen molar-refractivity contribution in [2.75, 3.05) is 0 Å². The van der Waals surface area contributed by atoms with E-state index in [1.54, 1.807) is 37.2 Å². The van der Waals surface area contributed by atoms with Crippen LogP contribution in [0, 0.1) is 0 Å². The van der Waals surface area contributed by atoms with Crippen LogP contribution in [0.4, 0.5) is 0 Å². The Morgan fingerprint density at radius 2 is 0.600 bits per heavy atom. The van der Waals surface area contributed by atoms with Crippen molar-refractivity contribution in [3.63, 3.8) is 0 Å². The fourth-order valence-electron chi connectivity index (χ4n) is 1.07. The van der Waals surface area contributed by atoms with Crippen LogP contribution < -0.4 is 0 Å². The molecule has 20 heavy (non-hydrogen) atoms. The lowest BCUT2D eigenvalue weighted by molar-refractivity contribution is 1.58. The molecule has 0 bridgehead atoms. The molecular weight excluding hydrogens is 246 g/mol. The van der Waals surface area contributed by atoms with Crippen molar-refractivity contribution in [1.29, 1.82) is 0 Å². The third-order valence-corrected chi connectivity index (χ3v) is 1.92. The molecular formula is C17H17N3. The molecule has 3 heteroatoms. The van der Waals surface area contributed by atoms with Crippen molar-refractivity contribution >= 4 is 18.6 Å². The lowest BCUT2D eigenvalue weighted by Gasteiger charge is -1.77. The zero-order chi connectivity index (χ0) is 14.1. The van der Waals surface area contributed by atoms with E-state index in [1.807, 2.05) is 66.8 Å². The molecule has 0 N–H and O–H groups in total. The molecule has 100 valence electrons. The summed E-state index contributed by atoms with van der Waals surface area (Å²) in [5.74, 6) is 0. The number of allylic oxidation sites excluding steroid dienone is 11. The third-order valence-electron chi connectivity index (χ3n) is 1.92. The Kier molecular flexibility index (Phi) is 9.64. The summed E-state index contributed by atoms with van der Waals surface area (Å²) in [5, 5.41) is 0. The SMILES string of the molecule is C1=CC=CN=CC=CC=CN=CC=CC=NC=CC=C1. The van der Waals surface area contributed by atoms with E-state index in [2.05, 4.69) is 15.0 Å². The van der Waals surface area contributed by atoms with Gasteiger partial charge in [0.15, 0.2) is 0 Å². The van der Waals surface area contributed by atoms with Gasteiger partial charge >= 0.3 is 0 Å². The van der Waals surface area contributed by atoms with Crippen molar-refractivity contribution < 1.29 is 0 Å². The molecule has 0 unspecified atom stereocenters. The van der Waals surface area contributed by atoms with Crippen molar-refractivity contribution in [3.05, 3.63) is 85.4 Å². The Morgan fingerprint density at radius 1 is 0.300 bits per heavy atom. The predicted molar refractivity (Wildman–Crippen MR) is 89.5 cm³/mol. The van der Waals surface area contributed by atoms with Gasteiger partial charge in [0.1, 0.15) is 0 Å². The number of nitrogens with zero attached hydrogens (tertiary/aromatic N) is 3. The van der Waals surface area contributed by atoms with Crippen LogP contribution in [0.3, 0.4) is 0 Å². The van der Waals surface area contributed by atoms with Gasteiger partial charge in [-0.1, -0.05) is 30.4 Å². The zero-order valence-corrected chi connectivity index (χ0v) is 11.2. The van der Waals surface area contributed by atoms with E-state index in [4.69, 9.17) is 0 Å². The van der Waals surface area contributed by atoms with E-state index in [-0.39, 0.29) is 0 Å². The first-order chi connectivity index (χ1) is 10.0. The standard InChI is InChI=1S/C17H17N3/c1-2-4-7-13-19-16-10-11-17-20-15-9-5-8-14-18-12-6-3-1/h1-17H. The Balaban J connectivity index is 2.67. The lowest BCUT2D eigenvalue weighted by atomic mass is 10.4. The van der Waals surface area contributed by atoms with Crippen LogP contribution in [0.2, 0.25) is 0 Å². The van der Waals surface area contributed by atoms with E-state index in [9.17, 15) is 0 Å². The van der Waals surface area contributed by atoms with Crippen LogP contribution >= 0.6 is 0 Å². The predicted octanol–water partition coefficient (Wildman–Crippen LogP) is 3.98. The summed E-state index contributed by atoms with van der Waals surface area (Å²) in [6.45, 7) is 0. The first-order valence-electron chi connectivity index (χ1n) is 6.22. The molecule has 0 radical (unpaired) electrons. The maximum absolute atomic E-state index is 4.08. The average Bonchev–Trinajstić information content (AvgIpc) is 2.46. The molecule has 1 heterocycles. The van der Waals surface area contributed by atoms with Crippen LogP contribution in [-0.2, 0) is 0 Å². The second-order valence-electron chi connectivity index (χ2n) is 3.46. The first kappa shape index (κ1) is 15.2. The van der Waals surface area contributed by atoms with Gasteiger partial charge in [-0.05, 0) is 36.5 Å².